The van der Waals surface area contributed by atoms with Crippen molar-refractivity contribution < 1.29 is 4.42 Å². The summed E-state index contributed by atoms with van der Waals surface area (Å²) in [5.41, 5.74) is 0. The Bertz CT molecular complexity index is 322. The van der Waals surface area contributed by atoms with E-state index in [1.54, 1.807) is 24.2 Å². The molecule has 4 nitrogen and oxygen atoms in total. The molecule has 2 heterocycles. The summed E-state index contributed by atoms with van der Waals surface area (Å²) in [5, 5.41) is 4.26. The van der Waals surface area contributed by atoms with Gasteiger partial charge in [-0.2, -0.15) is 0 Å². The van der Waals surface area contributed by atoms with Gasteiger partial charge in [-0.05, 0) is 12.1 Å². The quantitative estimate of drug-likeness (QED) is 0.580. The lowest BCUT2D eigenvalue weighted by Gasteiger charge is -2.00. The Hall–Kier alpha value is -1.20. The molecule has 0 bridgehead atoms. The van der Waals surface area contributed by atoms with Gasteiger partial charge in [-0.3, -0.25) is 0 Å². The zero-order valence-corrected chi connectivity index (χ0v) is 9.09. The van der Waals surface area contributed by atoms with Crippen LogP contribution in [0.3, 0.4) is 0 Å². The van der Waals surface area contributed by atoms with Crippen LogP contribution in [-0.2, 0) is 6.54 Å². The maximum atomic E-state index is 5.20. The van der Waals surface area contributed by atoms with Crippen molar-refractivity contribution in [1.29, 1.82) is 0 Å². The average molecular weight is 223 g/mol. The van der Waals surface area contributed by atoms with Gasteiger partial charge < -0.3 is 14.7 Å². The Kier molecular flexibility index (Phi) is 3.87. The van der Waals surface area contributed by atoms with E-state index >= 15 is 0 Å². The molecule has 0 aliphatic rings. The zero-order valence-electron chi connectivity index (χ0n) is 8.27. The lowest BCUT2D eigenvalue weighted by Crippen LogP contribution is -2.16. The highest BCUT2D eigenvalue weighted by Crippen LogP contribution is 2.09. The number of thioether (sulfide) groups is 1. The van der Waals surface area contributed by atoms with Gasteiger partial charge in [0, 0.05) is 24.7 Å². The van der Waals surface area contributed by atoms with Crippen molar-refractivity contribution in [3.05, 3.63) is 36.5 Å². The Balaban J connectivity index is 1.56. The van der Waals surface area contributed by atoms with Crippen molar-refractivity contribution in [2.45, 2.75) is 11.7 Å². The summed E-state index contributed by atoms with van der Waals surface area (Å²) in [5.74, 6) is 1.96. The van der Waals surface area contributed by atoms with E-state index in [9.17, 15) is 0 Å². The van der Waals surface area contributed by atoms with E-state index < -0.39 is 0 Å². The first-order valence-corrected chi connectivity index (χ1v) is 5.79. The van der Waals surface area contributed by atoms with Crippen LogP contribution in [0.25, 0.3) is 0 Å². The minimum atomic E-state index is 0.783. The molecule has 0 amide bonds. The Labute approximate surface area is 92.5 Å². The van der Waals surface area contributed by atoms with Crippen molar-refractivity contribution in [3.63, 3.8) is 0 Å². The number of aromatic amines is 1. The van der Waals surface area contributed by atoms with Crippen molar-refractivity contribution >= 4 is 11.8 Å². The van der Waals surface area contributed by atoms with Crippen molar-refractivity contribution in [2.75, 3.05) is 12.3 Å². The van der Waals surface area contributed by atoms with Crippen LogP contribution in [0, 0.1) is 0 Å². The molecule has 0 radical (unpaired) electrons. The van der Waals surface area contributed by atoms with Gasteiger partial charge in [0.05, 0.1) is 12.8 Å². The molecule has 2 rings (SSSR count). The van der Waals surface area contributed by atoms with Crippen molar-refractivity contribution in [2.24, 2.45) is 0 Å². The molecular formula is C10H13N3OS. The van der Waals surface area contributed by atoms with Gasteiger partial charge in [-0.1, -0.05) is 11.8 Å². The molecule has 2 aromatic heterocycles. The summed E-state index contributed by atoms with van der Waals surface area (Å²) in [4.78, 5) is 7.17. The van der Waals surface area contributed by atoms with Gasteiger partial charge in [-0.25, -0.2) is 4.98 Å². The smallest absolute Gasteiger partial charge is 0.165 e. The summed E-state index contributed by atoms with van der Waals surface area (Å²) < 4.78 is 5.20. The van der Waals surface area contributed by atoms with Crippen LogP contribution in [0.5, 0.6) is 0 Å². The minimum absolute atomic E-state index is 0.783. The SMILES string of the molecule is c1coc(CNCCSc2ncc[nH]2)c1. The number of rotatable bonds is 6. The fourth-order valence-corrected chi connectivity index (χ4v) is 1.90. The van der Waals surface area contributed by atoms with E-state index in [1.807, 2.05) is 18.3 Å². The monoisotopic (exact) mass is 223 g/mol. The summed E-state index contributed by atoms with van der Waals surface area (Å²) >= 11 is 1.70. The molecule has 2 N–H and O–H groups in total. The maximum Gasteiger partial charge on any atom is 0.165 e. The number of nitrogens with zero attached hydrogens (tertiary/aromatic N) is 1. The van der Waals surface area contributed by atoms with E-state index in [2.05, 4.69) is 15.3 Å². The van der Waals surface area contributed by atoms with Crippen molar-refractivity contribution in [1.82, 2.24) is 15.3 Å². The molecule has 0 saturated carbocycles. The molecule has 0 aliphatic heterocycles. The first-order chi connectivity index (χ1) is 7.45. The Morgan fingerprint density at radius 2 is 2.53 bits per heavy atom. The van der Waals surface area contributed by atoms with Crippen LogP contribution in [0.4, 0.5) is 0 Å². The molecule has 0 spiro atoms. The van der Waals surface area contributed by atoms with Gasteiger partial charge in [0.15, 0.2) is 5.16 Å². The van der Waals surface area contributed by atoms with Crippen LogP contribution >= 0.6 is 11.8 Å². The number of hydrogen-bond donors (Lipinski definition) is 2. The lowest BCUT2D eigenvalue weighted by atomic mass is 10.4. The van der Waals surface area contributed by atoms with Gasteiger partial charge in [-0.15, -0.1) is 0 Å². The molecule has 2 aromatic rings. The number of H-pyrrole nitrogens is 1. The summed E-state index contributed by atoms with van der Waals surface area (Å²) in [6.45, 7) is 1.72. The first kappa shape index (κ1) is 10.3. The van der Waals surface area contributed by atoms with E-state index in [-0.39, 0.29) is 0 Å². The largest absolute Gasteiger partial charge is 0.468 e. The van der Waals surface area contributed by atoms with E-state index in [0.717, 1.165) is 29.8 Å². The third kappa shape index (κ3) is 3.45. The van der Waals surface area contributed by atoms with E-state index in [4.69, 9.17) is 4.42 Å². The predicted molar refractivity (Wildman–Crippen MR) is 59.7 cm³/mol. The molecule has 0 atom stereocenters. The van der Waals surface area contributed by atoms with E-state index in [1.165, 1.54) is 0 Å². The van der Waals surface area contributed by atoms with Crippen LogP contribution in [-0.4, -0.2) is 22.3 Å². The zero-order chi connectivity index (χ0) is 10.3. The number of furan rings is 1. The molecule has 0 aromatic carbocycles. The second-order valence-electron chi connectivity index (χ2n) is 3.00. The van der Waals surface area contributed by atoms with Gasteiger partial charge in [0.25, 0.3) is 0 Å². The summed E-state index contributed by atoms with van der Waals surface area (Å²) in [6.07, 6.45) is 5.28. The van der Waals surface area contributed by atoms with Crippen LogP contribution in [0.1, 0.15) is 5.76 Å². The Morgan fingerprint density at radius 1 is 1.53 bits per heavy atom. The second-order valence-corrected chi connectivity index (χ2v) is 4.08. The van der Waals surface area contributed by atoms with Gasteiger partial charge in [0.1, 0.15) is 5.76 Å². The molecule has 15 heavy (non-hydrogen) atoms. The molecule has 0 unspecified atom stereocenters. The number of nitrogens with one attached hydrogen (secondary N) is 2. The van der Waals surface area contributed by atoms with Crippen molar-refractivity contribution in [3.8, 4) is 0 Å². The topological polar surface area (TPSA) is 53.9 Å². The third-order valence-electron chi connectivity index (χ3n) is 1.87. The van der Waals surface area contributed by atoms with Gasteiger partial charge >= 0.3 is 0 Å². The molecule has 80 valence electrons. The first-order valence-electron chi connectivity index (χ1n) is 4.80. The standard InChI is InChI=1S/C10H13N3OS/c1-2-9(14-6-1)8-11-5-7-15-10-12-3-4-13-10/h1-4,6,11H,5,7-8H2,(H,12,13). The fourth-order valence-electron chi connectivity index (χ4n) is 1.17. The van der Waals surface area contributed by atoms with E-state index in [0.29, 0.717) is 0 Å². The lowest BCUT2D eigenvalue weighted by molar-refractivity contribution is 0.488. The highest BCUT2D eigenvalue weighted by atomic mass is 32.2. The summed E-state index contributed by atoms with van der Waals surface area (Å²) in [7, 11) is 0. The van der Waals surface area contributed by atoms with Gasteiger partial charge in [0.2, 0.25) is 0 Å². The minimum Gasteiger partial charge on any atom is -0.468 e. The second kappa shape index (κ2) is 5.63. The number of aromatic nitrogens is 2. The van der Waals surface area contributed by atoms with Crippen LogP contribution in [0.2, 0.25) is 0 Å². The molecule has 0 aliphatic carbocycles. The normalized spacial score (nSPS) is 10.7. The summed E-state index contributed by atoms with van der Waals surface area (Å²) in [6, 6.07) is 3.86. The third-order valence-corrected chi connectivity index (χ3v) is 2.78. The molecular weight excluding hydrogens is 210 g/mol. The maximum absolute atomic E-state index is 5.20. The fraction of sp³-hybridized carbons (Fsp3) is 0.300. The van der Waals surface area contributed by atoms with Crippen LogP contribution < -0.4 is 5.32 Å². The Morgan fingerprint density at radius 3 is 3.27 bits per heavy atom. The van der Waals surface area contributed by atoms with Crippen LogP contribution in [0.15, 0.2) is 40.4 Å². The number of hydrogen-bond acceptors (Lipinski definition) is 4. The molecule has 0 saturated heterocycles. The average Bonchev–Trinajstić information content (AvgIpc) is 2.88. The highest BCUT2D eigenvalue weighted by Gasteiger charge is 1.96. The molecule has 0 fully saturated rings. The molecule has 5 heteroatoms. The number of imidazole rings is 1. The predicted octanol–water partition coefficient (Wildman–Crippen LogP) is 1.88. The highest BCUT2D eigenvalue weighted by molar-refractivity contribution is 7.99.